The molecule has 0 bridgehead atoms. The summed E-state index contributed by atoms with van der Waals surface area (Å²) in [5.74, 6) is 0.280. The molecule has 156 valence electrons. The number of fused-ring (bicyclic) bond motifs is 1. The summed E-state index contributed by atoms with van der Waals surface area (Å²) in [6.45, 7) is 0. The number of para-hydroxylation sites is 1. The number of nitrogens with one attached hydrogen (secondary N) is 1. The van der Waals surface area contributed by atoms with Gasteiger partial charge in [0.25, 0.3) is 15.9 Å². The van der Waals surface area contributed by atoms with E-state index in [-0.39, 0.29) is 16.8 Å². The van der Waals surface area contributed by atoms with Crippen LogP contribution < -0.4 is 5.32 Å². The molecule has 0 spiro atoms. The van der Waals surface area contributed by atoms with Gasteiger partial charge in [-0.2, -0.15) is 0 Å². The van der Waals surface area contributed by atoms with Gasteiger partial charge >= 0.3 is 0 Å². The molecular weight excluding hydrogens is 396 g/mol. The second kappa shape index (κ2) is 7.58. The smallest absolute Gasteiger partial charge is 0.268 e. The van der Waals surface area contributed by atoms with Gasteiger partial charge < -0.3 is 5.32 Å². The van der Waals surface area contributed by atoms with Crippen molar-refractivity contribution in [3.8, 4) is 0 Å². The highest BCUT2D eigenvalue weighted by Crippen LogP contribution is 2.39. The van der Waals surface area contributed by atoms with Crippen molar-refractivity contribution in [2.45, 2.75) is 61.8 Å². The third-order valence-corrected chi connectivity index (χ3v) is 8.31. The summed E-state index contributed by atoms with van der Waals surface area (Å²) in [7, 11) is -3.75. The summed E-state index contributed by atoms with van der Waals surface area (Å²) in [5.41, 5.74) is 2.33. The van der Waals surface area contributed by atoms with Gasteiger partial charge in [-0.25, -0.2) is 12.4 Å². The fourth-order valence-electron chi connectivity index (χ4n) is 4.65. The molecule has 6 heteroatoms. The van der Waals surface area contributed by atoms with Crippen LogP contribution in [0, 0.1) is 0 Å². The van der Waals surface area contributed by atoms with Crippen LogP contribution in [0.15, 0.2) is 59.6 Å². The van der Waals surface area contributed by atoms with Crippen molar-refractivity contribution in [3.05, 3.63) is 65.9 Å². The van der Waals surface area contributed by atoms with Crippen molar-refractivity contribution >= 4 is 26.8 Å². The molecule has 2 aromatic carbocycles. The van der Waals surface area contributed by atoms with Crippen molar-refractivity contribution in [2.24, 2.45) is 0 Å². The van der Waals surface area contributed by atoms with Gasteiger partial charge in [0.05, 0.1) is 10.4 Å². The number of nitrogens with zero attached hydrogens (tertiary/aromatic N) is 1. The molecule has 1 heterocycles. The lowest BCUT2D eigenvalue weighted by molar-refractivity contribution is 0.0917. The molecule has 0 unspecified atom stereocenters. The summed E-state index contributed by atoms with van der Waals surface area (Å²) in [5, 5.41) is 4.01. The van der Waals surface area contributed by atoms with Gasteiger partial charge in [0.2, 0.25) is 0 Å². The zero-order valence-electron chi connectivity index (χ0n) is 16.9. The molecular formula is C24H26N2O3S. The fourth-order valence-corrected chi connectivity index (χ4v) is 6.03. The van der Waals surface area contributed by atoms with E-state index < -0.39 is 10.0 Å². The van der Waals surface area contributed by atoms with Crippen molar-refractivity contribution in [3.63, 3.8) is 0 Å². The van der Waals surface area contributed by atoms with Crippen LogP contribution in [0.25, 0.3) is 10.9 Å². The quantitative estimate of drug-likeness (QED) is 0.641. The monoisotopic (exact) mass is 422 g/mol. The van der Waals surface area contributed by atoms with E-state index in [0.717, 1.165) is 43.1 Å². The van der Waals surface area contributed by atoms with Crippen LogP contribution >= 0.6 is 0 Å². The molecule has 3 aromatic rings. The molecule has 5 nitrogen and oxygen atoms in total. The summed E-state index contributed by atoms with van der Waals surface area (Å²) < 4.78 is 28.3. The van der Waals surface area contributed by atoms with Gasteiger partial charge in [0.15, 0.2) is 0 Å². The Labute approximate surface area is 177 Å². The minimum Gasteiger partial charge on any atom is -0.349 e. The summed E-state index contributed by atoms with van der Waals surface area (Å²) in [4.78, 5) is 12.5. The number of aromatic nitrogens is 1. The average Bonchev–Trinajstić information content (AvgIpc) is 3.38. The third kappa shape index (κ3) is 3.33. The molecule has 2 aliphatic rings. The van der Waals surface area contributed by atoms with Crippen molar-refractivity contribution in [1.82, 2.24) is 9.29 Å². The minimum atomic E-state index is -3.75. The Balaban J connectivity index is 1.49. The Morgan fingerprint density at radius 1 is 0.900 bits per heavy atom. The Hall–Kier alpha value is -2.60. The second-order valence-corrected chi connectivity index (χ2v) is 10.3. The maximum atomic E-state index is 13.5. The van der Waals surface area contributed by atoms with Gasteiger partial charge in [-0.15, -0.1) is 0 Å². The third-order valence-electron chi connectivity index (χ3n) is 6.62. The van der Waals surface area contributed by atoms with Gasteiger partial charge in [-0.05, 0) is 73.9 Å². The zero-order chi connectivity index (χ0) is 20.7. The topological polar surface area (TPSA) is 68.2 Å². The predicted molar refractivity (Wildman–Crippen MR) is 117 cm³/mol. The fraction of sp³-hybridized carbons (Fsp3) is 0.375. The molecule has 0 aliphatic heterocycles. The average molecular weight is 423 g/mol. The number of benzene rings is 2. The SMILES string of the molecule is O=C(NC1CCC1)c1ccc(S(=O)(=O)n2cc(C3CCCC3)c3ccccc32)cc1. The van der Waals surface area contributed by atoms with E-state index in [9.17, 15) is 13.2 Å². The summed E-state index contributed by atoms with van der Waals surface area (Å²) in [6, 6.07) is 14.3. The normalized spacial score (nSPS) is 17.9. The van der Waals surface area contributed by atoms with Crippen LogP contribution in [0.1, 0.15) is 66.8 Å². The van der Waals surface area contributed by atoms with Crippen molar-refractivity contribution in [2.75, 3.05) is 0 Å². The number of rotatable bonds is 5. The van der Waals surface area contributed by atoms with Crippen LogP contribution in [0.4, 0.5) is 0 Å². The highest BCUT2D eigenvalue weighted by atomic mass is 32.2. The van der Waals surface area contributed by atoms with Gasteiger partial charge in [-0.1, -0.05) is 31.0 Å². The van der Waals surface area contributed by atoms with Crippen LogP contribution in [0.2, 0.25) is 0 Å². The largest absolute Gasteiger partial charge is 0.349 e. The van der Waals surface area contributed by atoms with E-state index in [1.165, 1.54) is 28.9 Å². The van der Waals surface area contributed by atoms with Crippen LogP contribution in [0.5, 0.6) is 0 Å². The van der Waals surface area contributed by atoms with Crippen LogP contribution in [-0.4, -0.2) is 24.3 Å². The number of hydrogen-bond donors (Lipinski definition) is 1. The first kappa shape index (κ1) is 19.4. The van der Waals surface area contributed by atoms with Crippen LogP contribution in [0.3, 0.4) is 0 Å². The lowest BCUT2D eigenvalue weighted by Crippen LogP contribution is -2.39. The minimum absolute atomic E-state index is 0.140. The number of carbonyl (C=O) groups excluding carboxylic acids is 1. The Bertz CT molecular complexity index is 1180. The Morgan fingerprint density at radius 3 is 2.27 bits per heavy atom. The number of carbonyl (C=O) groups is 1. The summed E-state index contributed by atoms with van der Waals surface area (Å²) >= 11 is 0. The van der Waals surface area contributed by atoms with Gasteiger partial charge in [0.1, 0.15) is 0 Å². The molecule has 1 N–H and O–H groups in total. The van der Waals surface area contributed by atoms with Crippen molar-refractivity contribution in [1.29, 1.82) is 0 Å². The lowest BCUT2D eigenvalue weighted by Gasteiger charge is -2.26. The molecule has 30 heavy (non-hydrogen) atoms. The second-order valence-electron chi connectivity index (χ2n) is 8.51. The molecule has 1 amide bonds. The summed E-state index contributed by atoms with van der Waals surface area (Å²) in [6.07, 6.45) is 9.60. The lowest BCUT2D eigenvalue weighted by atomic mass is 9.93. The molecule has 0 radical (unpaired) electrons. The molecule has 0 saturated heterocycles. The molecule has 1 aromatic heterocycles. The van der Waals surface area contributed by atoms with E-state index in [1.54, 1.807) is 12.1 Å². The number of amides is 1. The molecule has 2 saturated carbocycles. The molecule has 0 atom stereocenters. The van der Waals surface area contributed by atoms with E-state index in [0.29, 0.717) is 17.0 Å². The predicted octanol–water partition coefficient (Wildman–Crippen LogP) is 4.82. The zero-order valence-corrected chi connectivity index (χ0v) is 17.7. The Morgan fingerprint density at radius 2 is 1.60 bits per heavy atom. The first-order valence-corrected chi connectivity index (χ1v) is 12.2. The van der Waals surface area contributed by atoms with E-state index >= 15 is 0 Å². The first-order chi connectivity index (χ1) is 14.5. The Kier molecular flexibility index (Phi) is 4.89. The van der Waals surface area contributed by atoms with Gasteiger partial charge in [-0.3, -0.25) is 4.79 Å². The van der Waals surface area contributed by atoms with Gasteiger partial charge in [0, 0.05) is 23.2 Å². The molecule has 5 rings (SSSR count). The highest BCUT2D eigenvalue weighted by Gasteiger charge is 2.26. The van der Waals surface area contributed by atoms with E-state index in [4.69, 9.17) is 0 Å². The molecule has 2 aliphatic carbocycles. The number of hydrogen-bond acceptors (Lipinski definition) is 3. The maximum Gasteiger partial charge on any atom is 0.268 e. The van der Waals surface area contributed by atoms with E-state index in [2.05, 4.69) is 5.32 Å². The standard InChI is InChI=1S/C24H26N2O3S/c27-24(25-19-8-5-9-19)18-12-14-20(15-13-18)30(28,29)26-16-22(17-6-1-2-7-17)21-10-3-4-11-23(21)26/h3-4,10-17,19H,1-2,5-9H2,(H,25,27). The first-order valence-electron chi connectivity index (χ1n) is 10.8. The maximum absolute atomic E-state index is 13.5. The van der Waals surface area contributed by atoms with Crippen LogP contribution in [-0.2, 0) is 10.0 Å². The van der Waals surface area contributed by atoms with E-state index in [1.807, 2.05) is 30.5 Å². The highest BCUT2D eigenvalue weighted by molar-refractivity contribution is 7.90. The molecule has 2 fully saturated rings. The van der Waals surface area contributed by atoms with Crippen molar-refractivity contribution < 1.29 is 13.2 Å².